The van der Waals surface area contributed by atoms with Gasteiger partial charge in [0.25, 0.3) is 0 Å². The number of carbonyl (C=O) groups excluding carboxylic acids is 2. The lowest BCUT2D eigenvalue weighted by molar-refractivity contribution is -0.118. The summed E-state index contributed by atoms with van der Waals surface area (Å²) in [4.78, 5) is 23.0. The number of phenolic OH excluding ortho intramolecular Hbond substituents is 2. The third-order valence-corrected chi connectivity index (χ3v) is 4.19. The van der Waals surface area contributed by atoms with E-state index in [1.165, 1.54) is 38.7 Å². The van der Waals surface area contributed by atoms with Gasteiger partial charge in [-0.1, -0.05) is 45.4 Å². The van der Waals surface area contributed by atoms with Crippen LogP contribution >= 0.6 is 0 Å². The number of Topliss-reactive ketones (excluding diaryl/α,β-unsaturated/α-hetero) is 1. The maximum absolute atomic E-state index is 12.0. The van der Waals surface area contributed by atoms with Crippen LogP contribution in [0.25, 0.3) is 0 Å². The molecule has 0 aliphatic heterocycles. The van der Waals surface area contributed by atoms with Crippen LogP contribution < -0.4 is 0 Å². The molecule has 1 aromatic rings. The summed E-state index contributed by atoms with van der Waals surface area (Å²) in [5.74, 6) is -0.266. The molecule has 0 saturated carbocycles. The fourth-order valence-electron chi connectivity index (χ4n) is 2.70. The molecular formula is C19H28O4. The van der Waals surface area contributed by atoms with Crippen LogP contribution in [0.2, 0.25) is 0 Å². The van der Waals surface area contributed by atoms with E-state index in [4.69, 9.17) is 0 Å². The Balaban J connectivity index is 2.46. The van der Waals surface area contributed by atoms with Crippen molar-refractivity contribution in [3.05, 3.63) is 22.8 Å². The largest absolute Gasteiger partial charge is 0.507 e. The normalized spacial score (nSPS) is 10.7. The van der Waals surface area contributed by atoms with Crippen molar-refractivity contribution in [2.24, 2.45) is 0 Å². The quantitative estimate of drug-likeness (QED) is 0.466. The lowest BCUT2D eigenvalue weighted by Crippen LogP contribution is -2.04. The van der Waals surface area contributed by atoms with Gasteiger partial charge in [-0.05, 0) is 19.4 Å². The number of aldehydes is 1. The molecule has 0 spiro atoms. The summed E-state index contributed by atoms with van der Waals surface area (Å²) in [5.41, 5.74) is 0.766. The van der Waals surface area contributed by atoms with Gasteiger partial charge in [0.15, 0.2) is 6.29 Å². The summed E-state index contributed by atoms with van der Waals surface area (Å²) in [6.45, 7) is 3.72. The van der Waals surface area contributed by atoms with Crippen molar-refractivity contribution in [1.82, 2.24) is 0 Å². The van der Waals surface area contributed by atoms with Crippen molar-refractivity contribution >= 4 is 12.1 Å². The molecule has 4 nitrogen and oxygen atoms in total. The number of carbonyl (C=O) groups is 2. The fraction of sp³-hybridized carbons (Fsp3) is 0.579. The number of benzene rings is 1. The molecule has 1 rings (SSSR count). The SMILES string of the molecule is CCCCCCCCCC(=O)Cc1cc(C=O)c(O)c(C)c1O. The molecule has 0 aromatic heterocycles. The molecular weight excluding hydrogens is 292 g/mol. The molecule has 0 saturated heterocycles. The second-order valence-corrected chi connectivity index (χ2v) is 6.15. The molecule has 0 aliphatic carbocycles. The second-order valence-electron chi connectivity index (χ2n) is 6.15. The maximum atomic E-state index is 12.0. The van der Waals surface area contributed by atoms with Crippen molar-refractivity contribution < 1.29 is 19.8 Å². The summed E-state index contributed by atoms with van der Waals surface area (Å²) in [6.07, 6.45) is 9.20. The first-order valence-corrected chi connectivity index (χ1v) is 8.52. The van der Waals surface area contributed by atoms with E-state index < -0.39 is 0 Å². The molecule has 1 aromatic carbocycles. The topological polar surface area (TPSA) is 74.6 Å². The number of aromatic hydroxyl groups is 2. The Labute approximate surface area is 138 Å². The Bertz CT molecular complexity index is 535. The molecule has 23 heavy (non-hydrogen) atoms. The van der Waals surface area contributed by atoms with Gasteiger partial charge in [-0.15, -0.1) is 0 Å². The van der Waals surface area contributed by atoms with Gasteiger partial charge < -0.3 is 10.2 Å². The molecule has 2 N–H and O–H groups in total. The Kier molecular flexibility index (Phi) is 8.38. The third kappa shape index (κ3) is 6.05. The van der Waals surface area contributed by atoms with Crippen molar-refractivity contribution in [3.63, 3.8) is 0 Å². The highest BCUT2D eigenvalue weighted by molar-refractivity contribution is 5.85. The molecule has 0 unspecified atom stereocenters. The predicted molar refractivity (Wildman–Crippen MR) is 91.2 cm³/mol. The zero-order chi connectivity index (χ0) is 17.2. The van der Waals surface area contributed by atoms with Gasteiger partial charge in [-0.25, -0.2) is 0 Å². The molecule has 4 heteroatoms. The predicted octanol–water partition coefficient (Wildman–Crippen LogP) is 4.47. The molecule has 0 heterocycles. The fourth-order valence-corrected chi connectivity index (χ4v) is 2.70. The third-order valence-electron chi connectivity index (χ3n) is 4.19. The Morgan fingerprint density at radius 1 is 1.04 bits per heavy atom. The van der Waals surface area contributed by atoms with Gasteiger partial charge >= 0.3 is 0 Å². The van der Waals surface area contributed by atoms with Crippen molar-refractivity contribution in [1.29, 1.82) is 0 Å². The Hall–Kier alpha value is -1.84. The van der Waals surface area contributed by atoms with Gasteiger partial charge in [0.2, 0.25) is 0 Å². The van der Waals surface area contributed by atoms with E-state index >= 15 is 0 Å². The lowest BCUT2D eigenvalue weighted by Gasteiger charge is -2.10. The first kappa shape index (κ1) is 19.2. The lowest BCUT2D eigenvalue weighted by atomic mass is 9.98. The number of hydrogen-bond acceptors (Lipinski definition) is 4. The minimum absolute atomic E-state index is 0.0517. The first-order valence-electron chi connectivity index (χ1n) is 8.52. The number of unbranched alkanes of at least 4 members (excludes halogenated alkanes) is 6. The molecule has 0 fully saturated rings. The summed E-state index contributed by atoms with van der Waals surface area (Å²) in [7, 11) is 0. The number of phenols is 2. The second kappa shape index (κ2) is 10.0. The first-order chi connectivity index (χ1) is 11.0. The highest BCUT2D eigenvalue weighted by Crippen LogP contribution is 2.33. The van der Waals surface area contributed by atoms with Crippen LogP contribution in [-0.2, 0) is 11.2 Å². The van der Waals surface area contributed by atoms with Crippen LogP contribution in [0.5, 0.6) is 11.5 Å². The van der Waals surface area contributed by atoms with Gasteiger partial charge in [0.1, 0.15) is 17.3 Å². The van der Waals surface area contributed by atoms with Crippen LogP contribution in [0.15, 0.2) is 6.07 Å². The monoisotopic (exact) mass is 320 g/mol. The summed E-state index contributed by atoms with van der Waals surface area (Å²) >= 11 is 0. The van der Waals surface area contributed by atoms with E-state index in [9.17, 15) is 19.8 Å². The molecule has 128 valence electrons. The van der Waals surface area contributed by atoms with E-state index in [1.807, 2.05) is 0 Å². The van der Waals surface area contributed by atoms with Crippen LogP contribution in [-0.4, -0.2) is 22.3 Å². The van der Waals surface area contributed by atoms with Gasteiger partial charge in [0, 0.05) is 24.0 Å². The van der Waals surface area contributed by atoms with Crippen molar-refractivity contribution in [2.75, 3.05) is 0 Å². The van der Waals surface area contributed by atoms with E-state index in [-0.39, 0.29) is 34.8 Å². The maximum Gasteiger partial charge on any atom is 0.153 e. The van der Waals surface area contributed by atoms with Crippen LogP contribution in [0.3, 0.4) is 0 Å². The molecule has 0 amide bonds. The zero-order valence-electron chi connectivity index (χ0n) is 14.2. The number of ketones is 1. The van der Waals surface area contributed by atoms with Gasteiger partial charge in [0.05, 0.1) is 5.56 Å². The summed E-state index contributed by atoms with van der Waals surface area (Å²) in [6, 6.07) is 1.40. The van der Waals surface area contributed by atoms with E-state index in [0.29, 0.717) is 18.3 Å². The number of hydrogen-bond donors (Lipinski definition) is 2. The van der Waals surface area contributed by atoms with E-state index in [0.717, 1.165) is 19.3 Å². The molecule has 0 radical (unpaired) electrons. The zero-order valence-corrected chi connectivity index (χ0v) is 14.2. The summed E-state index contributed by atoms with van der Waals surface area (Å²) < 4.78 is 0. The van der Waals surface area contributed by atoms with Crippen LogP contribution in [0.1, 0.15) is 79.8 Å². The van der Waals surface area contributed by atoms with Crippen LogP contribution in [0, 0.1) is 6.92 Å². The highest BCUT2D eigenvalue weighted by Gasteiger charge is 2.15. The number of rotatable bonds is 11. The minimum Gasteiger partial charge on any atom is -0.507 e. The summed E-state index contributed by atoms with van der Waals surface area (Å²) in [5, 5.41) is 19.7. The molecule has 0 aliphatic rings. The van der Waals surface area contributed by atoms with Crippen molar-refractivity contribution in [2.45, 2.75) is 71.6 Å². The standard InChI is InChI=1S/C19H28O4/c1-3-4-5-6-7-8-9-10-17(21)12-15-11-16(13-20)19(23)14(2)18(15)22/h11,13,22-23H,3-10,12H2,1-2H3. The smallest absolute Gasteiger partial charge is 0.153 e. The Morgan fingerprint density at radius 3 is 2.26 bits per heavy atom. The van der Waals surface area contributed by atoms with Gasteiger partial charge in [-0.2, -0.15) is 0 Å². The van der Waals surface area contributed by atoms with Crippen LogP contribution in [0.4, 0.5) is 0 Å². The average Bonchev–Trinajstić information content (AvgIpc) is 2.54. The average molecular weight is 320 g/mol. The van der Waals surface area contributed by atoms with E-state index in [1.54, 1.807) is 0 Å². The van der Waals surface area contributed by atoms with Gasteiger partial charge in [-0.3, -0.25) is 9.59 Å². The minimum atomic E-state index is -0.222. The highest BCUT2D eigenvalue weighted by atomic mass is 16.3. The van der Waals surface area contributed by atoms with E-state index in [2.05, 4.69) is 6.92 Å². The van der Waals surface area contributed by atoms with Crippen molar-refractivity contribution in [3.8, 4) is 11.5 Å². The Morgan fingerprint density at radius 2 is 1.65 bits per heavy atom. The molecule has 0 bridgehead atoms. The molecule has 0 atom stereocenters.